The highest BCUT2D eigenvalue weighted by atomic mass is 35.5. The van der Waals surface area contributed by atoms with Gasteiger partial charge in [-0.25, -0.2) is 0 Å². The standard InChI is InChI=1S/C23H26Cl2N4S/c1-5-14(2)17-7-10-20(11-8-17)26-23(30)27-22-15(3)28-29(16(22)4)13-18-6-9-19(24)12-21(18)25/h6-12,14H,5,13H2,1-4H3,(H2,26,27,30). The normalized spacial score (nSPS) is 11.9. The minimum atomic E-state index is 0.529. The lowest BCUT2D eigenvalue weighted by molar-refractivity contribution is 0.659. The molecule has 0 aliphatic rings. The van der Waals surface area contributed by atoms with Crippen LogP contribution < -0.4 is 10.6 Å². The third-order valence-electron chi connectivity index (χ3n) is 5.31. The number of nitrogens with zero attached hydrogens (tertiary/aromatic N) is 2. The lowest BCUT2D eigenvalue weighted by atomic mass is 9.99. The SMILES string of the molecule is CCC(C)c1ccc(NC(=S)Nc2c(C)nn(Cc3ccc(Cl)cc3Cl)c2C)cc1. The van der Waals surface area contributed by atoms with E-state index in [0.29, 0.717) is 27.6 Å². The van der Waals surface area contributed by atoms with Gasteiger partial charge in [-0.05, 0) is 73.8 Å². The molecular weight excluding hydrogens is 435 g/mol. The minimum absolute atomic E-state index is 0.529. The zero-order valence-corrected chi connectivity index (χ0v) is 19.9. The molecule has 2 N–H and O–H groups in total. The smallest absolute Gasteiger partial charge is 0.175 e. The summed E-state index contributed by atoms with van der Waals surface area (Å²) < 4.78 is 1.91. The van der Waals surface area contributed by atoms with Crippen molar-refractivity contribution in [2.24, 2.45) is 0 Å². The van der Waals surface area contributed by atoms with E-state index in [1.165, 1.54) is 5.56 Å². The molecule has 0 radical (unpaired) electrons. The molecule has 0 fully saturated rings. The molecule has 3 aromatic rings. The van der Waals surface area contributed by atoms with E-state index in [-0.39, 0.29) is 0 Å². The van der Waals surface area contributed by atoms with E-state index < -0.39 is 0 Å². The topological polar surface area (TPSA) is 41.9 Å². The molecule has 0 saturated carbocycles. The van der Waals surface area contributed by atoms with Crippen molar-refractivity contribution in [2.75, 3.05) is 10.6 Å². The number of rotatable bonds is 6. The fourth-order valence-electron chi connectivity index (χ4n) is 3.25. The summed E-state index contributed by atoms with van der Waals surface area (Å²) >= 11 is 17.8. The van der Waals surface area contributed by atoms with Crippen molar-refractivity contribution in [3.8, 4) is 0 Å². The second kappa shape index (κ2) is 9.82. The van der Waals surface area contributed by atoms with Crippen molar-refractivity contribution in [2.45, 2.75) is 46.6 Å². The van der Waals surface area contributed by atoms with Gasteiger partial charge in [-0.1, -0.05) is 55.2 Å². The zero-order valence-electron chi connectivity index (χ0n) is 17.6. The number of benzene rings is 2. The molecule has 1 unspecified atom stereocenters. The Hall–Kier alpha value is -2.08. The van der Waals surface area contributed by atoms with Crippen molar-refractivity contribution in [3.05, 3.63) is 75.0 Å². The molecule has 4 nitrogen and oxygen atoms in total. The quantitative estimate of drug-likeness (QED) is 0.382. The first kappa shape index (κ1) is 22.6. The molecule has 1 aromatic heterocycles. The van der Waals surface area contributed by atoms with E-state index in [0.717, 1.165) is 34.7 Å². The number of thiocarbonyl (C=S) groups is 1. The van der Waals surface area contributed by atoms with Crippen LogP contribution in [-0.2, 0) is 6.54 Å². The van der Waals surface area contributed by atoms with Crippen LogP contribution in [0.5, 0.6) is 0 Å². The van der Waals surface area contributed by atoms with Gasteiger partial charge in [0.1, 0.15) is 0 Å². The summed E-state index contributed by atoms with van der Waals surface area (Å²) in [7, 11) is 0. The Bertz CT molecular complexity index is 1040. The molecule has 1 heterocycles. The predicted octanol–water partition coefficient (Wildman–Crippen LogP) is 7.18. The van der Waals surface area contributed by atoms with Crippen LogP contribution in [0.25, 0.3) is 0 Å². The molecule has 0 saturated heterocycles. The van der Waals surface area contributed by atoms with Crippen LogP contribution in [-0.4, -0.2) is 14.9 Å². The van der Waals surface area contributed by atoms with E-state index >= 15 is 0 Å². The molecule has 3 rings (SSSR count). The molecule has 0 spiro atoms. The summed E-state index contributed by atoms with van der Waals surface area (Å²) in [6.07, 6.45) is 1.12. The molecule has 7 heteroatoms. The van der Waals surface area contributed by atoms with E-state index in [2.05, 4.69) is 53.8 Å². The van der Waals surface area contributed by atoms with Crippen molar-refractivity contribution >= 4 is 51.9 Å². The molecule has 30 heavy (non-hydrogen) atoms. The van der Waals surface area contributed by atoms with Crippen LogP contribution in [0.3, 0.4) is 0 Å². The summed E-state index contributed by atoms with van der Waals surface area (Å²) in [5.41, 5.74) is 5.99. The average Bonchev–Trinajstić information content (AvgIpc) is 2.97. The molecule has 1 atom stereocenters. The fraction of sp³-hybridized carbons (Fsp3) is 0.304. The Morgan fingerprint density at radius 1 is 1.10 bits per heavy atom. The molecule has 0 amide bonds. The number of aryl methyl sites for hydroxylation is 1. The van der Waals surface area contributed by atoms with Gasteiger partial charge in [0.25, 0.3) is 0 Å². The maximum Gasteiger partial charge on any atom is 0.175 e. The monoisotopic (exact) mass is 460 g/mol. The number of anilines is 2. The Morgan fingerprint density at radius 3 is 2.43 bits per heavy atom. The molecule has 0 aliphatic heterocycles. The van der Waals surface area contributed by atoms with Gasteiger partial charge in [-0.3, -0.25) is 4.68 Å². The van der Waals surface area contributed by atoms with Crippen molar-refractivity contribution in [1.29, 1.82) is 0 Å². The number of hydrogen-bond acceptors (Lipinski definition) is 2. The van der Waals surface area contributed by atoms with Crippen molar-refractivity contribution in [1.82, 2.24) is 9.78 Å². The van der Waals surface area contributed by atoms with Crippen LogP contribution in [0.2, 0.25) is 10.0 Å². The number of nitrogens with one attached hydrogen (secondary N) is 2. The van der Waals surface area contributed by atoms with Crippen LogP contribution in [0, 0.1) is 13.8 Å². The highest BCUT2D eigenvalue weighted by molar-refractivity contribution is 7.80. The lowest BCUT2D eigenvalue weighted by Gasteiger charge is -2.13. The molecule has 2 aromatic carbocycles. The zero-order chi connectivity index (χ0) is 21.8. The number of halogens is 2. The lowest BCUT2D eigenvalue weighted by Crippen LogP contribution is -2.20. The van der Waals surface area contributed by atoms with Crippen LogP contribution in [0.4, 0.5) is 11.4 Å². The van der Waals surface area contributed by atoms with E-state index in [1.807, 2.05) is 30.7 Å². The van der Waals surface area contributed by atoms with E-state index in [4.69, 9.17) is 35.4 Å². The Kier molecular flexibility index (Phi) is 7.40. The Morgan fingerprint density at radius 2 is 1.80 bits per heavy atom. The second-order valence-corrected chi connectivity index (χ2v) is 8.70. The Labute approximate surface area is 193 Å². The minimum Gasteiger partial charge on any atom is -0.332 e. The van der Waals surface area contributed by atoms with Gasteiger partial charge >= 0.3 is 0 Å². The van der Waals surface area contributed by atoms with Crippen molar-refractivity contribution < 1.29 is 0 Å². The van der Waals surface area contributed by atoms with Gasteiger partial charge in [-0.15, -0.1) is 0 Å². The predicted molar refractivity (Wildman–Crippen MR) is 132 cm³/mol. The first-order valence-electron chi connectivity index (χ1n) is 9.94. The highest BCUT2D eigenvalue weighted by Gasteiger charge is 2.14. The maximum absolute atomic E-state index is 6.32. The second-order valence-electron chi connectivity index (χ2n) is 7.45. The van der Waals surface area contributed by atoms with Crippen molar-refractivity contribution in [3.63, 3.8) is 0 Å². The van der Waals surface area contributed by atoms with Gasteiger partial charge in [0, 0.05) is 15.7 Å². The average molecular weight is 461 g/mol. The highest BCUT2D eigenvalue weighted by Crippen LogP contribution is 2.25. The summed E-state index contributed by atoms with van der Waals surface area (Å²) in [5, 5.41) is 13.0. The van der Waals surface area contributed by atoms with Gasteiger partial charge < -0.3 is 10.6 Å². The summed E-state index contributed by atoms with van der Waals surface area (Å²) in [5.74, 6) is 0.550. The van der Waals surface area contributed by atoms with Gasteiger partial charge in [0.15, 0.2) is 5.11 Å². The molecule has 0 aliphatic carbocycles. The summed E-state index contributed by atoms with van der Waals surface area (Å²) in [6.45, 7) is 8.95. The van der Waals surface area contributed by atoms with Crippen LogP contribution in [0.1, 0.15) is 48.7 Å². The molecular formula is C23H26Cl2N4S. The molecule has 158 valence electrons. The number of aromatic nitrogens is 2. The van der Waals surface area contributed by atoms with E-state index in [9.17, 15) is 0 Å². The van der Waals surface area contributed by atoms with Crippen LogP contribution >= 0.6 is 35.4 Å². The first-order valence-corrected chi connectivity index (χ1v) is 11.1. The third-order valence-corrected chi connectivity index (χ3v) is 6.10. The van der Waals surface area contributed by atoms with E-state index in [1.54, 1.807) is 6.07 Å². The number of hydrogen-bond donors (Lipinski definition) is 2. The summed E-state index contributed by atoms with van der Waals surface area (Å²) in [6, 6.07) is 13.9. The first-order chi connectivity index (χ1) is 14.3. The summed E-state index contributed by atoms with van der Waals surface area (Å²) in [4.78, 5) is 0. The Balaban J connectivity index is 1.70. The third kappa shape index (κ3) is 5.34. The van der Waals surface area contributed by atoms with Gasteiger partial charge in [0.05, 0.1) is 23.6 Å². The van der Waals surface area contributed by atoms with Gasteiger partial charge in [0.2, 0.25) is 0 Å². The fourth-order valence-corrected chi connectivity index (χ4v) is 3.94. The van der Waals surface area contributed by atoms with Gasteiger partial charge in [-0.2, -0.15) is 5.10 Å². The largest absolute Gasteiger partial charge is 0.332 e. The maximum atomic E-state index is 6.32. The van der Waals surface area contributed by atoms with Crippen LogP contribution in [0.15, 0.2) is 42.5 Å². The molecule has 0 bridgehead atoms.